The molecule has 146 valence electrons. The van der Waals surface area contributed by atoms with Crippen LogP contribution in [0.4, 0.5) is 16.2 Å². The number of nitrogens with one attached hydrogen (secondary N) is 2. The Hall–Kier alpha value is -2.21. The summed E-state index contributed by atoms with van der Waals surface area (Å²) in [5.41, 5.74) is 2.75. The average Bonchev–Trinajstić information content (AvgIpc) is 2.65. The molecule has 2 aromatic rings. The zero-order valence-corrected chi connectivity index (χ0v) is 16.5. The Balaban J connectivity index is 1.56. The van der Waals surface area contributed by atoms with Gasteiger partial charge in [-0.05, 0) is 42.9 Å². The van der Waals surface area contributed by atoms with E-state index >= 15 is 0 Å². The van der Waals surface area contributed by atoms with Crippen LogP contribution in [0.15, 0.2) is 30.5 Å². The highest BCUT2D eigenvalue weighted by Gasteiger charge is 2.21. The molecular formula is C21H30FN5. The first-order valence-corrected chi connectivity index (χ1v) is 9.80. The third-order valence-corrected chi connectivity index (χ3v) is 4.89. The fraction of sp³-hybridized carbons (Fsp3) is 0.524. The number of halogens is 1. The quantitative estimate of drug-likeness (QED) is 0.772. The lowest BCUT2D eigenvalue weighted by atomic mass is 10.0. The Morgan fingerprint density at radius 3 is 2.67 bits per heavy atom. The Labute approximate surface area is 161 Å². The van der Waals surface area contributed by atoms with Crippen LogP contribution in [0.3, 0.4) is 0 Å². The zero-order chi connectivity index (χ0) is 19.2. The molecule has 0 bridgehead atoms. The van der Waals surface area contributed by atoms with Crippen molar-refractivity contribution < 1.29 is 4.39 Å². The second-order valence-corrected chi connectivity index (χ2v) is 7.77. The number of rotatable bonds is 7. The van der Waals surface area contributed by atoms with Crippen LogP contribution in [-0.2, 0) is 13.0 Å². The van der Waals surface area contributed by atoms with Crippen molar-refractivity contribution in [2.24, 2.45) is 5.92 Å². The lowest BCUT2D eigenvalue weighted by Crippen LogP contribution is -2.41. The van der Waals surface area contributed by atoms with Crippen molar-refractivity contribution in [3.05, 3.63) is 47.4 Å². The van der Waals surface area contributed by atoms with E-state index in [1.54, 1.807) is 7.05 Å². The molecule has 27 heavy (non-hydrogen) atoms. The van der Waals surface area contributed by atoms with E-state index in [1.807, 2.05) is 0 Å². The molecule has 0 amide bonds. The van der Waals surface area contributed by atoms with Crippen molar-refractivity contribution in [2.45, 2.75) is 45.7 Å². The molecule has 2 heterocycles. The normalized spacial score (nSPS) is 17.9. The summed E-state index contributed by atoms with van der Waals surface area (Å²) in [5.74, 6) is 0.948. The van der Waals surface area contributed by atoms with Gasteiger partial charge >= 0.3 is 0 Å². The summed E-state index contributed by atoms with van der Waals surface area (Å²) >= 11 is 0. The second-order valence-electron chi connectivity index (χ2n) is 7.77. The Morgan fingerprint density at radius 2 is 1.96 bits per heavy atom. The molecule has 1 atom stereocenters. The van der Waals surface area contributed by atoms with Gasteiger partial charge < -0.3 is 10.6 Å². The SMILES string of the molecule is CNc1nc(NC2CCCN(Cc3ccc(CC(C)C)cc3)C2)ncc1F. The topological polar surface area (TPSA) is 53.1 Å². The molecule has 0 saturated carbocycles. The van der Waals surface area contributed by atoms with Crippen LogP contribution in [0.25, 0.3) is 0 Å². The molecule has 1 aromatic carbocycles. The minimum absolute atomic E-state index is 0.224. The zero-order valence-electron chi connectivity index (χ0n) is 16.5. The highest BCUT2D eigenvalue weighted by Crippen LogP contribution is 2.18. The molecule has 0 radical (unpaired) electrons. The van der Waals surface area contributed by atoms with Crippen molar-refractivity contribution in [1.29, 1.82) is 0 Å². The predicted octanol–water partition coefficient (Wildman–Crippen LogP) is 3.93. The van der Waals surface area contributed by atoms with Crippen LogP contribution < -0.4 is 10.6 Å². The molecular weight excluding hydrogens is 341 g/mol. The highest BCUT2D eigenvalue weighted by molar-refractivity contribution is 5.40. The van der Waals surface area contributed by atoms with Crippen molar-refractivity contribution in [3.63, 3.8) is 0 Å². The van der Waals surface area contributed by atoms with Crippen LogP contribution in [0.5, 0.6) is 0 Å². The number of benzene rings is 1. The smallest absolute Gasteiger partial charge is 0.225 e. The summed E-state index contributed by atoms with van der Waals surface area (Å²) in [6.07, 6.45) is 4.53. The van der Waals surface area contributed by atoms with Gasteiger partial charge in [-0.2, -0.15) is 4.98 Å². The fourth-order valence-electron chi connectivity index (χ4n) is 3.62. The summed E-state index contributed by atoms with van der Waals surface area (Å²) in [6.45, 7) is 7.48. The second kappa shape index (κ2) is 9.13. The maximum atomic E-state index is 13.5. The Kier molecular flexibility index (Phi) is 6.61. The average molecular weight is 372 g/mol. The first-order valence-electron chi connectivity index (χ1n) is 9.80. The first-order chi connectivity index (χ1) is 13.0. The number of nitrogens with zero attached hydrogens (tertiary/aromatic N) is 3. The fourth-order valence-corrected chi connectivity index (χ4v) is 3.62. The third kappa shape index (κ3) is 5.63. The van der Waals surface area contributed by atoms with Gasteiger partial charge in [-0.1, -0.05) is 38.1 Å². The minimum Gasteiger partial charge on any atom is -0.371 e. The van der Waals surface area contributed by atoms with Crippen LogP contribution in [0.2, 0.25) is 0 Å². The molecule has 1 aliphatic heterocycles. The highest BCUT2D eigenvalue weighted by atomic mass is 19.1. The van der Waals surface area contributed by atoms with E-state index in [0.717, 1.165) is 38.9 Å². The number of hydrogen-bond donors (Lipinski definition) is 2. The van der Waals surface area contributed by atoms with E-state index in [2.05, 4.69) is 63.6 Å². The lowest BCUT2D eigenvalue weighted by Gasteiger charge is -2.33. The molecule has 5 nitrogen and oxygen atoms in total. The maximum absolute atomic E-state index is 13.5. The summed E-state index contributed by atoms with van der Waals surface area (Å²) < 4.78 is 13.5. The van der Waals surface area contributed by atoms with Crippen molar-refractivity contribution in [3.8, 4) is 0 Å². The number of likely N-dealkylation sites (tertiary alicyclic amines) is 1. The van der Waals surface area contributed by atoms with E-state index < -0.39 is 5.82 Å². The van der Waals surface area contributed by atoms with E-state index in [9.17, 15) is 4.39 Å². The van der Waals surface area contributed by atoms with E-state index in [1.165, 1.54) is 17.3 Å². The van der Waals surface area contributed by atoms with Gasteiger partial charge in [0, 0.05) is 26.2 Å². The van der Waals surface area contributed by atoms with Crippen LogP contribution in [0.1, 0.15) is 37.8 Å². The van der Waals surface area contributed by atoms with Gasteiger partial charge in [0.2, 0.25) is 5.95 Å². The first kappa shape index (κ1) is 19.5. The Morgan fingerprint density at radius 1 is 1.22 bits per heavy atom. The minimum atomic E-state index is -0.436. The van der Waals surface area contributed by atoms with Crippen LogP contribution in [0, 0.1) is 11.7 Å². The number of anilines is 2. The third-order valence-electron chi connectivity index (χ3n) is 4.89. The van der Waals surface area contributed by atoms with Crippen LogP contribution >= 0.6 is 0 Å². The van der Waals surface area contributed by atoms with E-state index in [-0.39, 0.29) is 11.9 Å². The largest absolute Gasteiger partial charge is 0.371 e. The standard InChI is InChI=1S/C21H30FN5/c1-15(2)11-16-6-8-17(9-7-16)13-27-10-4-5-18(14-27)25-21-24-12-19(22)20(23-3)26-21/h6-9,12,15,18H,4-5,10-11,13-14H2,1-3H3,(H2,23,24,25,26). The molecule has 6 heteroatoms. The Bertz CT molecular complexity index is 732. The van der Waals surface area contributed by atoms with Gasteiger partial charge in [-0.15, -0.1) is 0 Å². The number of aromatic nitrogens is 2. The van der Waals surface area contributed by atoms with Gasteiger partial charge in [0.25, 0.3) is 0 Å². The lowest BCUT2D eigenvalue weighted by molar-refractivity contribution is 0.208. The summed E-state index contributed by atoms with van der Waals surface area (Å²) in [4.78, 5) is 10.7. The van der Waals surface area contributed by atoms with Crippen molar-refractivity contribution in [1.82, 2.24) is 14.9 Å². The molecule has 1 aromatic heterocycles. The van der Waals surface area contributed by atoms with Crippen LogP contribution in [-0.4, -0.2) is 41.0 Å². The molecule has 0 spiro atoms. The predicted molar refractivity (Wildman–Crippen MR) is 108 cm³/mol. The van der Waals surface area contributed by atoms with Crippen molar-refractivity contribution >= 4 is 11.8 Å². The number of hydrogen-bond acceptors (Lipinski definition) is 5. The van der Waals surface area contributed by atoms with Gasteiger partial charge in [0.15, 0.2) is 11.6 Å². The van der Waals surface area contributed by atoms with Gasteiger partial charge in [0.05, 0.1) is 6.20 Å². The molecule has 1 fully saturated rings. The molecule has 3 rings (SSSR count). The molecule has 1 unspecified atom stereocenters. The summed E-state index contributed by atoms with van der Waals surface area (Å²) in [6, 6.07) is 9.27. The van der Waals surface area contributed by atoms with Gasteiger partial charge in [-0.25, -0.2) is 9.37 Å². The van der Waals surface area contributed by atoms with Crippen molar-refractivity contribution in [2.75, 3.05) is 30.8 Å². The molecule has 0 aliphatic carbocycles. The summed E-state index contributed by atoms with van der Waals surface area (Å²) in [7, 11) is 1.66. The van der Waals surface area contributed by atoms with Gasteiger partial charge in [0.1, 0.15) is 0 Å². The molecule has 1 saturated heterocycles. The summed E-state index contributed by atoms with van der Waals surface area (Å²) in [5, 5.41) is 6.11. The molecule has 2 N–H and O–H groups in total. The number of piperidine rings is 1. The van der Waals surface area contributed by atoms with E-state index in [4.69, 9.17) is 0 Å². The monoisotopic (exact) mass is 371 g/mol. The molecule has 1 aliphatic rings. The maximum Gasteiger partial charge on any atom is 0.225 e. The van der Waals surface area contributed by atoms with Gasteiger partial charge in [-0.3, -0.25) is 4.90 Å². The van der Waals surface area contributed by atoms with E-state index in [0.29, 0.717) is 11.9 Å².